The molecule has 0 aliphatic carbocycles. The Bertz CT molecular complexity index is 322. The van der Waals surface area contributed by atoms with Crippen molar-refractivity contribution >= 4 is 0 Å². The van der Waals surface area contributed by atoms with E-state index in [9.17, 15) is 0 Å². The van der Waals surface area contributed by atoms with Crippen LogP contribution in [0.2, 0.25) is 0 Å². The first-order chi connectivity index (χ1) is 7.20. The van der Waals surface area contributed by atoms with E-state index >= 15 is 0 Å². The van der Waals surface area contributed by atoms with Crippen molar-refractivity contribution in [3.05, 3.63) is 17.5 Å². The van der Waals surface area contributed by atoms with Crippen molar-refractivity contribution in [1.82, 2.24) is 15.1 Å². The van der Waals surface area contributed by atoms with Gasteiger partial charge in [-0.2, -0.15) is 5.10 Å². The summed E-state index contributed by atoms with van der Waals surface area (Å²) in [6.07, 6.45) is 4.62. The van der Waals surface area contributed by atoms with Gasteiger partial charge in [0, 0.05) is 25.2 Å². The molecule has 1 aromatic heterocycles. The average molecular weight is 207 g/mol. The van der Waals surface area contributed by atoms with Crippen LogP contribution in [0.25, 0.3) is 0 Å². The van der Waals surface area contributed by atoms with Gasteiger partial charge >= 0.3 is 0 Å². The van der Waals surface area contributed by atoms with Gasteiger partial charge in [0.2, 0.25) is 0 Å². The van der Waals surface area contributed by atoms with Gasteiger partial charge in [0.25, 0.3) is 0 Å². The molecule has 1 atom stereocenters. The molecule has 1 unspecified atom stereocenters. The van der Waals surface area contributed by atoms with Crippen LogP contribution in [0.1, 0.15) is 49.8 Å². The third-order valence-corrected chi connectivity index (χ3v) is 3.32. The van der Waals surface area contributed by atoms with Gasteiger partial charge in [-0.25, -0.2) is 0 Å². The molecule has 1 aliphatic rings. The Morgan fingerprint density at radius 3 is 2.93 bits per heavy atom. The lowest BCUT2D eigenvalue weighted by atomic mass is 9.90. The lowest BCUT2D eigenvalue weighted by molar-refractivity contribution is 0.438. The van der Waals surface area contributed by atoms with Crippen molar-refractivity contribution in [2.75, 3.05) is 13.1 Å². The maximum Gasteiger partial charge on any atom is 0.0527 e. The van der Waals surface area contributed by atoms with Gasteiger partial charge in [0.15, 0.2) is 0 Å². The van der Waals surface area contributed by atoms with E-state index in [-0.39, 0.29) is 0 Å². The Balaban J connectivity index is 2.28. The van der Waals surface area contributed by atoms with E-state index in [1.165, 1.54) is 30.6 Å². The average Bonchev–Trinajstić information content (AvgIpc) is 2.61. The van der Waals surface area contributed by atoms with Gasteiger partial charge in [-0.1, -0.05) is 13.8 Å². The van der Waals surface area contributed by atoms with Gasteiger partial charge < -0.3 is 5.32 Å². The van der Waals surface area contributed by atoms with Crippen LogP contribution in [0.3, 0.4) is 0 Å². The summed E-state index contributed by atoms with van der Waals surface area (Å²) < 4.78 is 2.06. The number of hydrogen-bond donors (Lipinski definition) is 1. The standard InChI is InChI=1S/C12H21N3/c1-9(2)11-8-14-15(3)12(11)10-5-4-6-13-7-10/h8-10,13H,4-7H2,1-3H3. The fourth-order valence-corrected chi connectivity index (χ4v) is 2.49. The van der Waals surface area contributed by atoms with Crippen molar-refractivity contribution in [3.8, 4) is 0 Å². The molecule has 0 amide bonds. The highest BCUT2D eigenvalue weighted by molar-refractivity contribution is 5.25. The molecular weight excluding hydrogens is 186 g/mol. The quantitative estimate of drug-likeness (QED) is 0.804. The van der Waals surface area contributed by atoms with Crippen molar-refractivity contribution < 1.29 is 0 Å². The minimum absolute atomic E-state index is 0.579. The summed E-state index contributed by atoms with van der Waals surface area (Å²) in [7, 11) is 2.07. The zero-order valence-corrected chi connectivity index (χ0v) is 9.95. The van der Waals surface area contributed by atoms with Crippen LogP contribution in [0.4, 0.5) is 0 Å². The van der Waals surface area contributed by atoms with E-state index < -0.39 is 0 Å². The van der Waals surface area contributed by atoms with Crippen LogP contribution in [-0.4, -0.2) is 22.9 Å². The monoisotopic (exact) mass is 207 g/mol. The fourth-order valence-electron chi connectivity index (χ4n) is 2.49. The van der Waals surface area contributed by atoms with E-state index in [1.54, 1.807) is 0 Å². The maximum absolute atomic E-state index is 4.40. The molecule has 1 fully saturated rings. The molecule has 3 nitrogen and oxygen atoms in total. The molecule has 1 N–H and O–H groups in total. The smallest absolute Gasteiger partial charge is 0.0527 e. The lowest BCUT2D eigenvalue weighted by Gasteiger charge is -2.24. The molecule has 1 saturated heterocycles. The Hall–Kier alpha value is -0.830. The Labute approximate surface area is 91.9 Å². The Kier molecular flexibility index (Phi) is 3.10. The molecule has 2 rings (SSSR count). The molecule has 0 bridgehead atoms. The van der Waals surface area contributed by atoms with Gasteiger partial charge in [-0.05, 0) is 30.9 Å². The number of hydrogen-bond acceptors (Lipinski definition) is 2. The molecule has 2 heterocycles. The molecule has 1 aliphatic heterocycles. The molecule has 15 heavy (non-hydrogen) atoms. The maximum atomic E-state index is 4.40. The predicted octanol–water partition coefficient (Wildman–Crippen LogP) is 2.01. The highest BCUT2D eigenvalue weighted by Gasteiger charge is 2.22. The van der Waals surface area contributed by atoms with Crippen LogP contribution in [0.5, 0.6) is 0 Å². The third kappa shape index (κ3) is 2.07. The van der Waals surface area contributed by atoms with Crippen molar-refractivity contribution in [3.63, 3.8) is 0 Å². The summed E-state index contributed by atoms with van der Waals surface area (Å²) in [5.41, 5.74) is 2.86. The van der Waals surface area contributed by atoms with E-state index in [4.69, 9.17) is 0 Å². The number of nitrogens with one attached hydrogen (secondary N) is 1. The molecule has 0 spiro atoms. The highest BCUT2D eigenvalue weighted by atomic mass is 15.3. The topological polar surface area (TPSA) is 29.9 Å². The summed E-state index contributed by atoms with van der Waals surface area (Å²) >= 11 is 0. The largest absolute Gasteiger partial charge is 0.316 e. The SMILES string of the molecule is CC(C)c1cnn(C)c1C1CCCNC1. The number of rotatable bonds is 2. The van der Waals surface area contributed by atoms with Gasteiger partial charge in [0.05, 0.1) is 6.20 Å². The van der Waals surface area contributed by atoms with Crippen molar-refractivity contribution in [2.45, 2.75) is 38.5 Å². The number of aromatic nitrogens is 2. The minimum Gasteiger partial charge on any atom is -0.316 e. The van der Waals surface area contributed by atoms with E-state index in [1.807, 2.05) is 6.20 Å². The molecular formula is C12H21N3. The summed E-state index contributed by atoms with van der Waals surface area (Å²) in [6, 6.07) is 0. The highest BCUT2D eigenvalue weighted by Crippen LogP contribution is 2.29. The zero-order chi connectivity index (χ0) is 10.8. The normalized spacial score (nSPS) is 22.3. The molecule has 0 radical (unpaired) electrons. The summed E-state index contributed by atoms with van der Waals surface area (Å²) in [4.78, 5) is 0. The van der Waals surface area contributed by atoms with Gasteiger partial charge in [-0.3, -0.25) is 4.68 Å². The van der Waals surface area contributed by atoms with Crippen LogP contribution in [0, 0.1) is 0 Å². The zero-order valence-electron chi connectivity index (χ0n) is 9.95. The molecule has 1 aromatic rings. The second-order valence-corrected chi connectivity index (χ2v) is 4.81. The number of nitrogens with zero attached hydrogens (tertiary/aromatic N) is 2. The first kappa shape index (κ1) is 10.7. The first-order valence-electron chi connectivity index (χ1n) is 5.92. The van der Waals surface area contributed by atoms with Crippen molar-refractivity contribution in [1.29, 1.82) is 0 Å². The summed E-state index contributed by atoms with van der Waals surface area (Å²) in [5.74, 6) is 1.24. The molecule has 3 heteroatoms. The minimum atomic E-state index is 0.579. The number of aryl methyl sites for hydroxylation is 1. The third-order valence-electron chi connectivity index (χ3n) is 3.32. The second kappa shape index (κ2) is 4.35. The van der Waals surface area contributed by atoms with Gasteiger partial charge in [-0.15, -0.1) is 0 Å². The predicted molar refractivity (Wildman–Crippen MR) is 62.1 cm³/mol. The van der Waals surface area contributed by atoms with Gasteiger partial charge in [0.1, 0.15) is 0 Å². The van der Waals surface area contributed by atoms with Crippen LogP contribution in [-0.2, 0) is 7.05 Å². The summed E-state index contributed by atoms with van der Waals surface area (Å²) in [5, 5.41) is 7.88. The Morgan fingerprint density at radius 1 is 1.53 bits per heavy atom. The summed E-state index contributed by atoms with van der Waals surface area (Å²) in [6.45, 7) is 6.78. The fraction of sp³-hybridized carbons (Fsp3) is 0.750. The molecule has 0 aromatic carbocycles. The van der Waals surface area contributed by atoms with Crippen LogP contribution < -0.4 is 5.32 Å². The second-order valence-electron chi connectivity index (χ2n) is 4.81. The van der Waals surface area contributed by atoms with Crippen LogP contribution >= 0.6 is 0 Å². The lowest BCUT2D eigenvalue weighted by Crippen LogP contribution is -2.30. The van der Waals surface area contributed by atoms with Crippen LogP contribution in [0.15, 0.2) is 6.20 Å². The Morgan fingerprint density at radius 2 is 2.33 bits per heavy atom. The molecule has 0 saturated carbocycles. The van der Waals surface area contributed by atoms with E-state index in [0.29, 0.717) is 11.8 Å². The number of piperidine rings is 1. The molecule has 84 valence electrons. The van der Waals surface area contributed by atoms with E-state index in [2.05, 4.69) is 36.0 Å². The first-order valence-corrected chi connectivity index (χ1v) is 5.92. The van der Waals surface area contributed by atoms with E-state index in [0.717, 1.165) is 6.54 Å². The van der Waals surface area contributed by atoms with Crippen molar-refractivity contribution in [2.24, 2.45) is 7.05 Å².